The zero-order valence-corrected chi connectivity index (χ0v) is 11.9. The molecule has 0 saturated carbocycles. The Morgan fingerprint density at radius 3 is 2.90 bits per heavy atom. The van der Waals surface area contributed by atoms with Crippen molar-refractivity contribution in [1.82, 2.24) is 4.57 Å². The highest BCUT2D eigenvalue weighted by molar-refractivity contribution is 5.40. The Morgan fingerprint density at radius 2 is 2.10 bits per heavy atom. The Kier molecular flexibility index (Phi) is 3.75. The Hall–Kier alpha value is -2.14. The van der Waals surface area contributed by atoms with Crippen molar-refractivity contribution in [3.8, 4) is 0 Å². The van der Waals surface area contributed by atoms with Gasteiger partial charge in [0, 0.05) is 30.1 Å². The summed E-state index contributed by atoms with van der Waals surface area (Å²) in [5.41, 5.74) is 9.60. The van der Waals surface area contributed by atoms with Crippen LogP contribution in [0.25, 0.3) is 0 Å². The van der Waals surface area contributed by atoms with Gasteiger partial charge in [0.05, 0.1) is 11.5 Å². The molecule has 2 N–H and O–H groups in total. The van der Waals surface area contributed by atoms with E-state index in [1.54, 1.807) is 12.1 Å². The summed E-state index contributed by atoms with van der Waals surface area (Å²) in [6, 6.07) is 6.98. The van der Waals surface area contributed by atoms with Crippen LogP contribution in [-0.2, 0) is 13.0 Å². The van der Waals surface area contributed by atoms with Gasteiger partial charge in [-0.1, -0.05) is 24.6 Å². The van der Waals surface area contributed by atoms with E-state index in [2.05, 4.69) is 12.4 Å². The average Bonchev–Trinajstić information content (AvgIpc) is 2.79. The van der Waals surface area contributed by atoms with Crippen LogP contribution in [-0.4, -0.2) is 9.49 Å². The fourth-order valence-electron chi connectivity index (χ4n) is 3.06. The van der Waals surface area contributed by atoms with Crippen LogP contribution >= 0.6 is 0 Å². The number of nitrogens with two attached hydrogens (primary N) is 1. The topological polar surface area (TPSA) is 74.1 Å². The predicted octanol–water partition coefficient (Wildman–Crippen LogP) is 3.17. The summed E-state index contributed by atoms with van der Waals surface area (Å²) in [4.78, 5) is 10.8. The lowest BCUT2D eigenvalue weighted by Gasteiger charge is -2.08. The molecule has 3 rings (SSSR count). The lowest BCUT2D eigenvalue weighted by Crippen LogP contribution is -2.09. The molecular weight excluding hydrogens is 266 g/mol. The molecule has 1 aliphatic carbocycles. The van der Waals surface area contributed by atoms with Gasteiger partial charge in [-0.3, -0.25) is 10.1 Å². The number of aromatic nitrogens is 1. The largest absolute Gasteiger partial charge is 0.349 e. The second-order valence-corrected chi connectivity index (χ2v) is 5.65. The Morgan fingerprint density at radius 1 is 1.29 bits per heavy atom. The summed E-state index contributed by atoms with van der Waals surface area (Å²) in [5, 5.41) is 11.1. The van der Waals surface area contributed by atoms with Crippen LogP contribution in [0.2, 0.25) is 0 Å². The monoisotopic (exact) mass is 285 g/mol. The first-order chi connectivity index (χ1) is 10.1. The first kappa shape index (κ1) is 13.8. The minimum Gasteiger partial charge on any atom is -0.349 e. The van der Waals surface area contributed by atoms with Crippen LogP contribution in [0.15, 0.2) is 36.7 Å². The Labute approximate surface area is 123 Å². The first-order valence-electron chi connectivity index (χ1n) is 7.31. The number of para-hydroxylation sites is 1. The van der Waals surface area contributed by atoms with Gasteiger partial charge in [-0.05, 0) is 30.4 Å². The van der Waals surface area contributed by atoms with E-state index < -0.39 is 0 Å². The van der Waals surface area contributed by atoms with Crippen molar-refractivity contribution >= 4 is 5.69 Å². The molecule has 0 saturated heterocycles. The lowest BCUT2D eigenvalue weighted by atomic mass is 10.1. The molecule has 1 aromatic carbocycles. The molecule has 0 fully saturated rings. The van der Waals surface area contributed by atoms with E-state index >= 15 is 0 Å². The third-order valence-electron chi connectivity index (χ3n) is 4.15. The van der Waals surface area contributed by atoms with Gasteiger partial charge >= 0.3 is 0 Å². The van der Waals surface area contributed by atoms with Gasteiger partial charge < -0.3 is 10.3 Å². The van der Waals surface area contributed by atoms with Crippen LogP contribution in [0, 0.1) is 10.1 Å². The van der Waals surface area contributed by atoms with E-state index in [4.69, 9.17) is 5.73 Å². The summed E-state index contributed by atoms with van der Waals surface area (Å²) < 4.78 is 2.03. The summed E-state index contributed by atoms with van der Waals surface area (Å²) in [6.07, 6.45) is 8.55. The number of aryl methyl sites for hydroxylation is 1. The molecule has 0 radical (unpaired) electrons. The molecule has 110 valence electrons. The van der Waals surface area contributed by atoms with Gasteiger partial charge in [-0.25, -0.2) is 0 Å². The van der Waals surface area contributed by atoms with Crippen molar-refractivity contribution in [3.05, 3.63) is 63.5 Å². The molecule has 0 aliphatic heterocycles. The maximum absolute atomic E-state index is 11.1. The highest BCUT2D eigenvalue weighted by atomic mass is 16.6. The van der Waals surface area contributed by atoms with E-state index in [1.165, 1.54) is 17.5 Å². The number of hydrogen-bond acceptors (Lipinski definition) is 3. The molecule has 0 amide bonds. The molecule has 1 aliphatic rings. The van der Waals surface area contributed by atoms with Gasteiger partial charge in [0.2, 0.25) is 0 Å². The smallest absolute Gasteiger partial charge is 0.274 e. The third kappa shape index (κ3) is 2.83. The van der Waals surface area contributed by atoms with Gasteiger partial charge in [-0.15, -0.1) is 0 Å². The number of nitro benzene ring substituents is 1. The van der Waals surface area contributed by atoms with Crippen LogP contribution in [0.5, 0.6) is 0 Å². The van der Waals surface area contributed by atoms with Crippen molar-refractivity contribution in [2.24, 2.45) is 5.73 Å². The number of fused-ring (bicyclic) bond motifs is 1. The zero-order valence-electron chi connectivity index (χ0n) is 11.9. The lowest BCUT2D eigenvalue weighted by molar-refractivity contribution is -0.385. The number of rotatable bonds is 3. The standard InChI is InChI=1S/C16H19N3O2/c17-15-7-3-1-5-12-9-18(11-14(12)15)10-13-6-2-4-8-16(13)19(20)21/h2,4,6,8-9,11,15H,1,3,5,7,10,17H2. The van der Waals surface area contributed by atoms with Gasteiger partial charge in [0.15, 0.2) is 0 Å². The minimum absolute atomic E-state index is 0.0921. The van der Waals surface area contributed by atoms with Crippen molar-refractivity contribution < 1.29 is 4.92 Å². The zero-order chi connectivity index (χ0) is 14.8. The van der Waals surface area contributed by atoms with E-state index in [9.17, 15) is 10.1 Å². The molecule has 2 aromatic rings. The highest BCUT2D eigenvalue weighted by Gasteiger charge is 2.18. The fraction of sp³-hybridized carbons (Fsp3) is 0.375. The summed E-state index contributed by atoms with van der Waals surface area (Å²) in [5.74, 6) is 0. The molecule has 5 heteroatoms. The maximum atomic E-state index is 11.1. The third-order valence-corrected chi connectivity index (χ3v) is 4.15. The molecule has 0 spiro atoms. The second-order valence-electron chi connectivity index (χ2n) is 5.65. The average molecular weight is 285 g/mol. The van der Waals surface area contributed by atoms with E-state index in [0.29, 0.717) is 6.54 Å². The maximum Gasteiger partial charge on any atom is 0.274 e. The molecule has 1 atom stereocenters. The van der Waals surface area contributed by atoms with Gasteiger partial charge in [-0.2, -0.15) is 0 Å². The van der Waals surface area contributed by atoms with Crippen molar-refractivity contribution in [2.45, 2.75) is 38.3 Å². The molecule has 1 aromatic heterocycles. The minimum atomic E-state index is -0.324. The Balaban J connectivity index is 1.90. The summed E-state index contributed by atoms with van der Waals surface area (Å²) >= 11 is 0. The Bertz CT molecular complexity index is 663. The quantitative estimate of drug-likeness (QED) is 0.534. The highest BCUT2D eigenvalue weighted by Crippen LogP contribution is 2.28. The van der Waals surface area contributed by atoms with E-state index in [0.717, 1.165) is 24.8 Å². The number of benzene rings is 1. The molecule has 1 unspecified atom stereocenters. The molecule has 21 heavy (non-hydrogen) atoms. The van der Waals surface area contributed by atoms with Gasteiger partial charge in [0.1, 0.15) is 0 Å². The van der Waals surface area contributed by atoms with Crippen LogP contribution in [0.3, 0.4) is 0 Å². The second kappa shape index (κ2) is 5.69. The molecule has 1 heterocycles. The normalized spacial score (nSPS) is 18.0. The SMILES string of the molecule is NC1CCCCc2cn(Cc3ccccc3[N+](=O)[O-])cc21. The van der Waals surface area contributed by atoms with Crippen LogP contribution < -0.4 is 5.73 Å². The summed E-state index contributed by atoms with van der Waals surface area (Å²) in [7, 11) is 0. The number of hydrogen-bond donors (Lipinski definition) is 1. The molecule has 0 bridgehead atoms. The van der Waals surface area contributed by atoms with Crippen LogP contribution in [0.1, 0.15) is 42.0 Å². The number of nitro groups is 1. The fourth-order valence-corrected chi connectivity index (χ4v) is 3.06. The number of nitrogens with zero attached hydrogens (tertiary/aromatic N) is 2. The van der Waals surface area contributed by atoms with Crippen molar-refractivity contribution in [1.29, 1.82) is 0 Å². The van der Waals surface area contributed by atoms with Gasteiger partial charge in [0.25, 0.3) is 5.69 Å². The van der Waals surface area contributed by atoms with E-state index in [1.807, 2.05) is 16.7 Å². The first-order valence-corrected chi connectivity index (χ1v) is 7.31. The molecular formula is C16H19N3O2. The van der Waals surface area contributed by atoms with Crippen molar-refractivity contribution in [2.75, 3.05) is 0 Å². The van der Waals surface area contributed by atoms with E-state index in [-0.39, 0.29) is 16.7 Å². The molecule has 5 nitrogen and oxygen atoms in total. The van der Waals surface area contributed by atoms with Crippen molar-refractivity contribution in [3.63, 3.8) is 0 Å². The predicted molar refractivity (Wildman–Crippen MR) is 81.1 cm³/mol. The summed E-state index contributed by atoms with van der Waals surface area (Å²) in [6.45, 7) is 0.511. The van der Waals surface area contributed by atoms with Crippen LogP contribution in [0.4, 0.5) is 5.69 Å².